The maximum Gasteiger partial charge on any atom is 0.252 e. The number of aromatic nitrogens is 5. The van der Waals surface area contributed by atoms with E-state index in [9.17, 15) is 0 Å². The van der Waals surface area contributed by atoms with E-state index in [1.54, 1.807) is 18.6 Å². The maximum atomic E-state index is 5.94. The van der Waals surface area contributed by atoms with Gasteiger partial charge < -0.3 is 15.2 Å². The molecule has 2 aromatic carbocycles. The molecule has 4 rings (SSSR count). The van der Waals surface area contributed by atoms with Gasteiger partial charge in [0.1, 0.15) is 18.1 Å². The highest BCUT2D eigenvalue weighted by atomic mass is 16.5. The predicted octanol–water partition coefficient (Wildman–Crippen LogP) is 3.69. The minimum Gasteiger partial charge on any atom is -0.494 e. The molecule has 4 aromatic rings. The Hall–Kier alpha value is -3.78. The van der Waals surface area contributed by atoms with Gasteiger partial charge in [-0.15, -0.1) is 5.10 Å². The first kappa shape index (κ1) is 22.4. The van der Waals surface area contributed by atoms with Crippen molar-refractivity contribution in [3.63, 3.8) is 0 Å². The Balaban J connectivity index is 1.39. The van der Waals surface area contributed by atoms with Crippen molar-refractivity contribution in [3.05, 3.63) is 90.0 Å². The summed E-state index contributed by atoms with van der Waals surface area (Å²) >= 11 is 0. The van der Waals surface area contributed by atoms with E-state index in [2.05, 4.69) is 58.4 Å². The van der Waals surface area contributed by atoms with Crippen molar-refractivity contribution in [1.29, 1.82) is 0 Å². The SMILES string of the molecule is CC(C)(c1ccc(OCCCN)cc1)c1ccc(OCc2ccnc(-n3ccnn3)n2)cc1. The zero-order chi connectivity index (χ0) is 23.1. The second kappa shape index (κ2) is 10.2. The number of nitrogens with zero attached hydrogens (tertiary/aromatic N) is 5. The molecule has 0 radical (unpaired) electrons. The number of nitrogens with two attached hydrogens (primary N) is 1. The van der Waals surface area contributed by atoms with Gasteiger partial charge in [-0.3, -0.25) is 0 Å². The van der Waals surface area contributed by atoms with Crippen LogP contribution >= 0.6 is 0 Å². The molecule has 0 fully saturated rings. The second-order valence-corrected chi connectivity index (χ2v) is 8.15. The summed E-state index contributed by atoms with van der Waals surface area (Å²) in [7, 11) is 0. The smallest absolute Gasteiger partial charge is 0.252 e. The van der Waals surface area contributed by atoms with Gasteiger partial charge in [-0.25, -0.2) is 9.97 Å². The van der Waals surface area contributed by atoms with Gasteiger partial charge in [-0.05, 0) is 54.4 Å². The van der Waals surface area contributed by atoms with Gasteiger partial charge in [0.2, 0.25) is 0 Å². The zero-order valence-electron chi connectivity index (χ0n) is 18.9. The van der Waals surface area contributed by atoms with Crippen LogP contribution in [-0.2, 0) is 12.0 Å². The molecule has 0 unspecified atom stereocenters. The summed E-state index contributed by atoms with van der Waals surface area (Å²) in [5, 5.41) is 7.70. The van der Waals surface area contributed by atoms with E-state index in [-0.39, 0.29) is 5.41 Å². The molecule has 33 heavy (non-hydrogen) atoms. The second-order valence-electron chi connectivity index (χ2n) is 8.15. The summed E-state index contributed by atoms with van der Waals surface area (Å²) in [6.45, 7) is 6.02. The molecule has 0 amide bonds. The highest BCUT2D eigenvalue weighted by Crippen LogP contribution is 2.33. The van der Waals surface area contributed by atoms with Crippen molar-refractivity contribution in [2.75, 3.05) is 13.2 Å². The number of hydrogen-bond donors (Lipinski definition) is 1. The molecule has 0 atom stereocenters. The molecule has 2 N–H and O–H groups in total. The summed E-state index contributed by atoms with van der Waals surface area (Å²) in [5.41, 5.74) is 8.53. The van der Waals surface area contributed by atoms with Crippen LogP contribution in [0.4, 0.5) is 0 Å². The van der Waals surface area contributed by atoms with Crippen molar-refractivity contribution >= 4 is 0 Å². The van der Waals surface area contributed by atoms with Crippen LogP contribution in [0.15, 0.2) is 73.2 Å². The van der Waals surface area contributed by atoms with Gasteiger partial charge in [0, 0.05) is 11.6 Å². The highest BCUT2D eigenvalue weighted by molar-refractivity contribution is 5.41. The first-order valence-electron chi connectivity index (χ1n) is 10.9. The van der Waals surface area contributed by atoms with Crippen LogP contribution in [0.25, 0.3) is 5.95 Å². The van der Waals surface area contributed by atoms with Crippen LogP contribution in [0.1, 0.15) is 37.1 Å². The maximum absolute atomic E-state index is 5.94. The predicted molar refractivity (Wildman–Crippen MR) is 125 cm³/mol. The number of benzene rings is 2. The lowest BCUT2D eigenvalue weighted by molar-refractivity contribution is 0.300. The average molecular weight is 445 g/mol. The molecular formula is C25H28N6O2. The Bertz CT molecular complexity index is 1140. The van der Waals surface area contributed by atoms with Crippen molar-refractivity contribution < 1.29 is 9.47 Å². The Kier molecular flexibility index (Phi) is 6.95. The fraction of sp³-hybridized carbons (Fsp3) is 0.280. The van der Waals surface area contributed by atoms with E-state index in [0.717, 1.165) is 23.6 Å². The fourth-order valence-corrected chi connectivity index (χ4v) is 3.42. The minimum atomic E-state index is -0.159. The summed E-state index contributed by atoms with van der Waals surface area (Å²) in [6.07, 6.45) is 5.81. The molecule has 0 saturated carbocycles. The van der Waals surface area contributed by atoms with E-state index in [1.807, 2.05) is 30.3 Å². The Morgan fingerprint density at radius 3 is 2.15 bits per heavy atom. The van der Waals surface area contributed by atoms with Gasteiger partial charge in [0.25, 0.3) is 5.95 Å². The first-order chi connectivity index (χ1) is 16.1. The van der Waals surface area contributed by atoms with Crippen LogP contribution < -0.4 is 15.2 Å². The van der Waals surface area contributed by atoms with E-state index in [4.69, 9.17) is 15.2 Å². The van der Waals surface area contributed by atoms with Gasteiger partial charge in [-0.2, -0.15) is 4.68 Å². The lowest BCUT2D eigenvalue weighted by Crippen LogP contribution is -2.18. The van der Waals surface area contributed by atoms with E-state index >= 15 is 0 Å². The van der Waals surface area contributed by atoms with Crippen LogP contribution in [0.5, 0.6) is 11.5 Å². The molecule has 8 heteroatoms. The van der Waals surface area contributed by atoms with Crippen molar-refractivity contribution in [3.8, 4) is 17.4 Å². The van der Waals surface area contributed by atoms with Crippen LogP contribution in [0.3, 0.4) is 0 Å². The number of hydrogen-bond acceptors (Lipinski definition) is 7. The highest BCUT2D eigenvalue weighted by Gasteiger charge is 2.23. The molecular weight excluding hydrogens is 416 g/mol. The Labute approximate surface area is 193 Å². The topological polar surface area (TPSA) is 101 Å². The van der Waals surface area contributed by atoms with Crippen molar-refractivity contribution in [2.24, 2.45) is 5.73 Å². The number of ether oxygens (including phenoxy) is 2. The summed E-state index contributed by atoms with van der Waals surface area (Å²) in [4.78, 5) is 8.67. The van der Waals surface area contributed by atoms with Crippen LogP contribution in [0, 0.1) is 0 Å². The van der Waals surface area contributed by atoms with E-state index in [1.165, 1.54) is 15.8 Å². The zero-order valence-corrected chi connectivity index (χ0v) is 18.9. The molecule has 2 aromatic heterocycles. The van der Waals surface area contributed by atoms with Gasteiger partial charge in [0.15, 0.2) is 0 Å². The van der Waals surface area contributed by atoms with Gasteiger partial charge in [0.05, 0.1) is 24.7 Å². The normalized spacial score (nSPS) is 11.4. The van der Waals surface area contributed by atoms with Gasteiger partial charge in [-0.1, -0.05) is 43.3 Å². The molecule has 2 heterocycles. The third-order valence-corrected chi connectivity index (χ3v) is 5.48. The quantitative estimate of drug-likeness (QED) is 0.372. The molecule has 0 saturated heterocycles. The molecule has 8 nitrogen and oxygen atoms in total. The first-order valence-corrected chi connectivity index (χ1v) is 10.9. The Morgan fingerprint density at radius 1 is 0.879 bits per heavy atom. The van der Waals surface area contributed by atoms with Crippen molar-refractivity contribution in [2.45, 2.75) is 32.3 Å². The third-order valence-electron chi connectivity index (χ3n) is 5.48. The van der Waals surface area contributed by atoms with Gasteiger partial charge >= 0.3 is 0 Å². The lowest BCUT2D eigenvalue weighted by atomic mass is 9.78. The monoisotopic (exact) mass is 444 g/mol. The minimum absolute atomic E-state index is 0.159. The van der Waals surface area contributed by atoms with Crippen LogP contribution in [-0.4, -0.2) is 38.1 Å². The number of rotatable bonds is 10. The fourth-order valence-electron chi connectivity index (χ4n) is 3.42. The molecule has 0 aliphatic heterocycles. The summed E-state index contributed by atoms with van der Waals surface area (Å²) in [5.74, 6) is 2.10. The molecule has 0 aliphatic carbocycles. The average Bonchev–Trinajstić information content (AvgIpc) is 3.39. The lowest BCUT2D eigenvalue weighted by Gasteiger charge is -2.26. The Morgan fingerprint density at radius 2 is 1.55 bits per heavy atom. The molecule has 0 aliphatic rings. The summed E-state index contributed by atoms with van der Waals surface area (Å²) in [6, 6.07) is 18.3. The van der Waals surface area contributed by atoms with E-state index in [0.29, 0.717) is 25.7 Å². The van der Waals surface area contributed by atoms with Crippen LogP contribution in [0.2, 0.25) is 0 Å². The van der Waals surface area contributed by atoms with E-state index < -0.39 is 0 Å². The molecule has 0 spiro atoms. The molecule has 170 valence electrons. The standard InChI is InChI=1S/C25H28N6O2/c1-25(2,19-4-8-22(9-5-19)32-17-3-13-26)20-6-10-23(11-7-20)33-18-21-12-14-27-24(29-21)31-16-15-28-30-31/h4-12,14-16H,3,13,17-18,26H2,1-2H3. The largest absolute Gasteiger partial charge is 0.494 e. The summed E-state index contributed by atoms with van der Waals surface area (Å²) < 4.78 is 13.2. The van der Waals surface area contributed by atoms with Crippen molar-refractivity contribution in [1.82, 2.24) is 25.0 Å². The molecule has 0 bridgehead atoms. The third kappa shape index (κ3) is 5.53.